The number of ether oxygens (including phenoxy) is 2. The highest BCUT2D eigenvalue weighted by molar-refractivity contribution is 5.51. The molecule has 2 aliphatic rings. The van der Waals surface area contributed by atoms with Gasteiger partial charge in [0.2, 0.25) is 6.79 Å². The average molecular weight is 277 g/mol. The molecular weight excluding hydrogens is 254 g/mol. The second-order valence-electron chi connectivity index (χ2n) is 6.17. The summed E-state index contributed by atoms with van der Waals surface area (Å²) >= 11 is 0. The van der Waals surface area contributed by atoms with E-state index in [1.54, 1.807) is 6.07 Å². The van der Waals surface area contributed by atoms with Crippen molar-refractivity contribution >= 4 is 0 Å². The van der Waals surface area contributed by atoms with Crippen LogP contribution in [-0.2, 0) is 6.54 Å². The van der Waals surface area contributed by atoms with Gasteiger partial charge in [-0.05, 0) is 31.9 Å². The van der Waals surface area contributed by atoms with Crippen LogP contribution in [-0.4, -0.2) is 29.9 Å². The van der Waals surface area contributed by atoms with Gasteiger partial charge in [-0.2, -0.15) is 0 Å². The van der Waals surface area contributed by atoms with Gasteiger partial charge < -0.3 is 14.6 Å². The zero-order valence-electron chi connectivity index (χ0n) is 12.3. The number of aromatic hydroxyl groups is 1. The van der Waals surface area contributed by atoms with Gasteiger partial charge in [0.25, 0.3) is 0 Å². The second-order valence-corrected chi connectivity index (χ2v) is 6.17. The predicted octanol–water partition coefficient (Wildman–Crippen LogP) is 3.13. The fraction of sp³-hybridized carbons (Fsp3) is 0.625. The highest BCUT2D eigenvalue weighted by Crippen LogP contribution is 2.38. The lowest BCUT2D eigenvalue weighted by atomic mass is 9.86. The topological polar surface area (TPSA) is 41.9 Å². The molecule has 2 unspecified atom stereocenters. The number of phenols is 1. The van der Waals surface area contributed by atoms with E-state index in [4.69, 9.17) is 9.47 Å². The summed E-state index contributed by atoms with van der Waals surface area (Å²) in [6.07, 6.45) is 5.16. The van der Waals surface area contributed by atoms with Crippen molar-refractivity contribution in [1.82, 2.24) is 4.90 Å². The minimum Gasteiger partial charge on any atom is -0.507 e. The Kier molecular flexibility index (Phi) is 3.74. The highest BCUT2D eigenvalue weighted by atomic mass is 16.7. The summed E-state index contributed by atoms with van der Waals surface area (Å²) in [7, 11) is 2.15. The van der Waals surface area contributed by atoms with Gasteiger partial charge in [0, 0.05) is 24.2 Å². The fourth-order valence-corrected chi connectivity index (χ4v) is 3.30. The van der Waals surface area contributed by atoms with Crippen LogP contribution in [0.5, 0.6) is 17.2 Å². The molecule has 1 heterocycles. The van der Waals surface area contributed by atoms with Crippen LogP contribution in [0, 0.1) is 5.92 Å². The van der Waals surface area contributed by atoms with Crippen LogP contribution in [0.4, 0.5) is 0 Å². The zero-order chi connectivity index (χ0) is 14.1. The van der Waals surface area contributed by atoms with Gasteiger partial charge in [0.05, 0.1) is 0 Å². The Morgan fingerprint density at radius 1 is 1.25 bits per heavy atom. The summed E-state index contributed by atoms with van der Waals surface area (Å²) < 4.78 is 10.7. The lowest BCUT2D eigenvalue weighted by molar-refractivity contribution is 0.156. The number of hydrogen-bond donors (Lipinski definition) is 1. The third-order valence-electron chi connectivity index (χ3n) is 4.53. The number of hydrogen-bond acceptors (Lipinski definition) is 4. The quantitative estimate of drug-likeness (QED) is 0.921. The van der Waals surface area contributed by atoms with E-state index in [0.29, 0.717) is 17.5 Å². The summed E-state index contributed by atoms with van der Waals surface area (Å²) in [6, 6.07) is 4.18. The molecule has 0 radical (unpaired) electrons. The molecule has 1 aliphatic heterocycles. The third-order valence-corrected chi connectivity index (χ3v) is 4.53. The van der Waals surface area contributed by atoms with E-state index in [0.717, 1.165) is 23.8 Å². The van der Waals surface area contributed by atoms with Crippen LogP contribution >= 0.6 is 0 Å². The Hall–Kier alpha value is -1.42. The van der Waals surface area contributed by atoms with Crippen LogP contribution in [0.3, 0.4) is 0 Å². The molecule has 0 saturated heterocycles. The van der Waals surface area contributed by atoms with E-state index in [2.05, 4.69) is 18.9 Å². The van der Waals surface area contributed by atoms with Gasteiger partial charge in [0.15, 0.2) is 11.5 Å². The van der Waals surface area contributed by atoms with Crippen molar-refractivity contribution in [3.63, 3.8) is 0 Å². The number of benzene rings is 1. The molecule has 4 nitrogen and oxygen atoms in total. The van der Waals surface area contributed by atoms with Crippen molar-refractivity contribution in [2.45, 2.75) is 45.2 Å². The zero-order valence-corrected chi connectivity index (χ0v) is 12.3. The minimum atomic E-state index is 0.244. The molecule has 0 aromatic heterocycles. The van der Waals surface area contributed by atoms with E-state index in [1.807, 2.05) is 6.07 Å². The Labute approximate surface area is 120 Å². The van der Waals surface area contributed by atoms with Crippen LogP contribution in [0.15, 0.2) is 12.1 Å². The normalized spacial score (nSPS) is 25.1. The number of rotatable bonds is 3. The molecule has 0 amide bonds. The number of phenolic OH excluding ortho intramolecular Hbond substituents is 1. The van der Waals surface area contributed by atoms with E-state index in [1.165, 1.54) is 25.7 Å². The third kappa shape index (κ3) is 2.70. The van der Waals surface area contributed by atoms with E-state index < -0.39 is 0 Å². The molecule has 0 spiro atoms. The first-order valence-electron chi connectivity index (χ1n) is 7.45. The van der Waals surface area contributed by atoms with Gasteiger partial charge in [-0.25, -0.2) is 0 Å². The van der Waals surface area contributed by atoms with E-state index in [9.17, 15) is 5.11 Å². The van der Waals surface area contributed by atoms with Gasteiger partial charge in [-0.15, -0.1) is 0 Å². The van der Waals surface area contributed by atoms with E-state index in [-0.39, 0.29) is 6.79 Å². The molecule has 1 aromatic rings. The molecule has 20 heavy (non-hydrogen) atoms. The maximum absolute atomic E-state index is 10.1. The van der Waals surface area contributed by atoms with Crippen LogP contribution in [0.2, 0.25) is 0 Å². The molecule has 110 valence electrons. The summed E-state index contributed by atoms with van der Waals surface area (Å²) in [5, 5.41) is 10.1. The SMILES string of the molecule is CC1CCCC(N(C)Cc2cc3c(cc2O)OCO3)C1. The van der Waals surface area contributed by atoms with Crippen molar-refractivity contribution in [3.05, 3.63) is 17.7 Å². The molecule has 4 heteroatoms. The summed E-state index contributed by atoms with van der Waals surface area (Å²) in [4.78, 5) is 2.35. The van der Waals surface area contributed by atoms with Crippen molar-refractivity contribution < 1.29 is 14.6 Å². The maximum Gasteiger partial charge on any atom is 0.231 e. The Bertz CT molecular complexity index is 489. The molecule has 1 fully saturated rings. The average Bonchev–Trinajstić information content (AvgIpc) is 2.86. The minimum absolute atomic E-state index is 0.244. The molecule has 0 bridgehead atoms. The Morgan fingerprint density at radius 3 is 2.75 bits per heavy atom. The molecular formula is C16H23NO3. The van der Waals surface area contributed by atoms with Crippen molar-refractivity contribution in [2.75, 3.05) is 13.8 Å². The number of nitrogens with zero attached hydrogens (tertiary/aromatic N) is 1. The van der Waals surface area contributed by atoms with E-state index >= 15 is 0 Å². The summed E-state index contributed by atoms with van der Waals surface area (Å²) in [5.74, 6) is 2.48. The lowest BCUT2D eigenvalue weighted by Gasteiger charge is -2.34. The molecule has 1 saturated carbocycles. The van der Waals surface area contributed by atoms with Gasteiger partial charge in [-0.1, -0.05) is 19.8 Å². The smallest absolute Gasteiger partial charge is 0.231 e. The second kappa shape index (κ2) is 5.52. The Balaban J connectivity index is 1.71. The molecule has 2 atom stereocenters. The van der Waals surface area contributed by atoms with Crippen LogP contribution < -0.4 is 9.47 Å². The Morgan fingerprint density at radius 2 is 2.00 bits per heavy atom. The molecule has 1 aliphatic carbocycles. The monoisotopic (exact) mass is 277 g/mol. The first-order chi connectivity index (χ1) is 9.63. The predicted molar refractivity (Wildman–Crippen MR) is 77.1 cm³/mol. The molecule has 1 N–H and O–H groups in total. The standard InChI is InChI=1S/C16H23NO3/c1-11-4-3-5-13(6-11)17(2)9-12-7-15-16(8-14(12)18)20-10-19-15/h7-8,11,13,18H,3-6,9-10H2,1-2H3. The van der Waals surface area contributed by atoms with Crippen LogP contribution in [0.1, 0.15) is 38.2 Å². The van der Waals surface area contributed by atoms with Crippen molar-refractivity contribution in [1.29, 1.82) is 0 Å². The summed E-state index contributed by atoms with van der Waals surface area (Å²) in [6.45, 7) is 3.33. The summed E-state index contributed by atoms with van der Waals surface area (Å²) in [5.41, 5.74) is 0.912. The van der Waals surface area contributed by atoms with Gasteiger partial charge in [-0.3, -0.25) is 4.90 Å². The first-order valence-corrected chi connectivity index (χ1v) is 7.45. The van der Waals surface area contributed by atoms with Crippen molar-refractivity contribution in [3.8, 4) is 17.2 Å². The van der Waals surface area contributed by atoms with Gasteiger partial charge in [0.1, 0.15) is 5.75 Å². The lowest BCUT2D eigenvalue weighted by Crippen LogP contribution is -2.35. The van der Waals surface area contributed by atoms with Gasteiger partial charge >= 0.3 is 0 Å². The maximum atomic E-state index is 10.1. The van der Waals surface area contributed by atoms with Crippen LogP contribution in [0.25, 0.3) is 0 Å². The highest BCUT2D eigenvalue weighted by Gasteiger charge is 2.24. The fourth-order valence-electron chi connectivity index (χ4n) is 3.30. The largest absolute Gasteiger partial charge is 0.507 e. The molecule has 3 rings (SSSR count). The van der Waals surface area contributed by atoms with Crippen molar-refractivity contribution in [2.24, 2.45) is 5.92 Å². The molecule has 1 aromatic carbocycles. The number of fused-ring (bicyclic) bond motifs is 1. The first kappa shape index (κ1) is 13.6.